The summed E-state index contributed by atoms with van der Waals surface area (Å²) in [5.41, 5.74) is 0.768. The molecule has 1 fully saturated rings. The van der Waals surface area contributed by atoms with Crippen molar-refractivity contribution in [3.63, 3.8) is 0 Å². The van der Waals surface area contributed by atoms with E-state index in [9.17, 15) is 9.59 Å². The molecule has 0 bridgehead atoms. The molecule has 0 aromatic carbocycles. The van der Waals surface area contributed by atoms with Crippen molar-refractivity contribution in [2.24, 2.45) is 5.41 Å². The summed E-state index contributed by atoms with van der Waals surface area (Å²) >= 11 is 0. The first-order valence-corrected chi connectivity index (χ1v) is 7.12. The van der Waals surface area contributed by atoms with E-state index in [4.69, 9.17) is 4.74 Å². The molecular weight excluding hydrogens is 254 g/mol. The highest BCUT2D eigenvalue weighted by atomic mass is 16.5. The first-order valence-electron chi connectivity index (χ1n) is 7.12. The van der Waals surface area contributed by atoms with Crippen LogP contribution in [-0.2, 0) is 14.3 Å². The molecule has 1 aliphatic heterocycles. The van der Waals surface area contributed by atoms with Crippen LogP contribution in [0.5, 0.6) is 0 Å². The molecular formula is C16H23NO3. The van der Waals surface area contributed by atoms with Gasteiger partial charge in [-0.15, -0.1) is 0 Å². The lowest BCUT2D eigenvalue weighted by Gasteiger charge is -2.36. The molecule has 110 valence electrons. The smallest absolute Gasteiger partial charge is 0.236 e. The van der Waals surface area contributed by atoms with Gasteiger partial charge in [-0.1, -0.05) is 11.6 Å². The Bertz CT molecular complexity index is 492. The summed E-state index contributed by atoms with van der Waals surface area (Å²) in [5.74, 6) is 0.0836. The van der Waals surface area contributed by atoms with Crippen LogP contribution in [0.4, 0.5) is 0 Å². The van der Waals surface area contributed by atoms with Crippen LogP contribution in [0.1, 0.15) is 33.6 Å². The van der Waals surface area contributed by atoms with E-state index in [1.54, 1.807) is 20.1 Å². The summed E-state index contributed by atoms with van der Waals surface area (Å²) in [7, 11) is 1.66. The second-order valence-corrected chi connectivity index (χ2v) is 5.97. The lowest BCUT2D eigenvalue weighted by molar-refractivity contribution is -0.138. The Labute approximate surface area is 120 Å². The van der Waals surface area contributed by atoms with Crippen LogP contribution in [0, 0.1) is 5.41 Å². The summed E-state index contributed by atoms with van der Waals surface area (Å²) in [6.07, 6.45) is 5.41. The molecule has 0 aromatic rings. The summed E-state index contributed by atoms with van der Waals surface area (Å²) in [6.45, 7) is 6.88. The highest BCUT2D eigenvalue weighted by molar-refractivity contribution is 6.07. The molecule has 20 heavy (non-hydrogen) atoms. The first-order chi connectivity index (χ1) is 9.40. The summed E-state index contributed by atoms with van der Waals surface area (Å²) in [4.78, 5) is 26.6. The average Bonchev–Trinajstić information content (AvgIpc) is 2.84. The Morgan fingerprint density at radius 1 is 1.50 bits per heavy atom. The van der Waals surface area contributed by atoms with Crippen molar-refractivity contribution in [3.05, 3.63) is 23.3 Å². The molecule has 1 aliphatic carbocycles. The van der Waals surface area contributed by atoms with E-state index < -0.39 is 5.41 Å². The van der Waals surface area contributed by atoms with Crippen LogP contribution < -0.4 is 0 Å². The Kier molecular flexibility index (Phi) is 4.14. The SMILES string of the molecule is COC[C@@H]1CCCN1C(=O)C1(C)C=C(C)C(=O)C=C1C. The minimum Gasteiger partial charge on any atom is -0.383 e. The third kappa shape index (κ3) is 2.44. The predicted molar refractivity (Wildman–Crippen MR) is 77.2 cm³/mol. The zero-order valence-electron chi connectivity index (χ0n) is 12.7. The maximum atomic E-state index is 12.9. The molecule has 0 saturated carbocycles. The Balaban J connectivity index is 2.28. The number of nitrogens with zero attached hydrogens (tertiary/aromatic N) is 1. The van der Waals surface area contributed by atoms with E-state index in [1.165, 1.54) is 0 Å². The molecule has 4 nitrogen and oxygen atoms in total. The van der Waals surface area contributed by atoms with E-state index >= 15 is 0 Å². The highest BCUT2D eigenvalue weighted by Gasteiger charge is 2.42. The van der Waals surface area contributed by atoms with Gasteiger partial charge >= 0.3 is 0 Å². The summed E-state index contributed by atoms with van der Waals surface area (Å²) in [5, 5.41) is 0. The largest absolute Gasteiger partial charge is 0.383 e. The third-order valence-electron chi connectivity index (χ3n) is 4.50. The lowest BCUT2D eigenvalue weighted by Crippen LogP contribution is -2.47. The van der Waals surface area contributed by atoms with Crippen molar-refractivity contribution in [1.29, 1.82) is 0 Å². The zero-order chi connectivity index (χ0) is 14.9. The van der Waals surface area contributed by atoms with Gasteiger partial charge in [0.15, 0.2) is 5.78 Å². The van der Waals surface area contributed by atoms with Gasteiger partial charge in [0.1, 0.15) is 0 Å². The summed E-state index contributed by atoms with van der Waals surface area (Å²) in [6, 6.07) is 0.156. The Morgan fingerprint density at radius 2 is 2.20 bits per heavy atom. The standard InChI is InChI=1S/C16H23NO3/c1-11-9-16(3,12(2)8-14(11)18)15(19)17-7-5-6-13(17)10-20-4/h8-9,13H,5-7,10H2,1-4H3/t13-,16?/m0/s1. The van der Waals surface area contributed by atoms with Crippen molar-refractivity contribution >= 4 is 11.7 Å². The van der Waals surface area contributed by atoms with E-state index in [-0.39, 0.29) is 17.7 Å². The van der Waals surface area contributed by atoms with Crippen molar-refractivity contribution < 1.29 is 14.3 Å². The minimum atomic E-state index is -0.700. The van der Waals surface area contributed by atoms with Crippen LogP contribution in [0.3, 0.4) is 0 Å². The van der Waals surface area contributed by atoms with Gasteiger partial charge in [0, 0.05) is 13.7 Å². The number of hydrogen-bond donors (Lipinski definition) is 0. The first kappa shape index (κ1) is 15.0. The van der Waals surface area contributed by atoms with Gasteiger partial charge in [0.05, 0.1) is 18.1 Å². The molecule has 0 radical (unpaired) electrons. The quantitative estimate of drug-likeness (QED) is 0.793. The molecule has 0 aromatic heterocycles. The minimum absolute atomic E-state index is 0.00244. The molecule has 4 heteroatoms. The number of carbonyl (C=O) groups excluding carboxylic acids is 2. The number of ether oxygens (including phenoxy) is 1. The van der Waals surface area contributed by atoms with Gasteiger partial charge in [-0.3, -0.25) is 9.59 Å². The van der Waals surface area contributed by atoms with Crippen molar-refractivity contribution in [2.75, 3.05) is 20.3 Å². The van der Waals surface area contributed by atoms with Gasteiger partial charge in [0.2, 0.25) is 5.91 Å². The normalized spacial score (nSPS) is 30.3. The number of methoxy groups -OCH3 is 1. The monoisotopic (exact) mass is 277 g/mol. The predicted octanol–water partition coefficient (Wildman–Crippen LogP) is 2.11. The van der Waals surface area contributed by atoms with E-state index in [1.807, 2.05) is 24.8 Å². The second-order valence-electron chi connectivity index (χ2n) is 5.97. The number of rotatable bonds is 3. The van der Waals surface area contributed by atoms with Crippen LogP contribution >= 0.6 is 0 Å². The lowest BCUT2D eigenvalue weighted by atomic mass is 9.75. The molecule has 2 rings (SSSR count). The molecule has 0 N–H and O–H groups in total. The second kappa shape index (κ2) is 5.52. The molecule has 1 unspecified atom stereocenters. The molecule has 2 aliphatic rings. The topological polar surface area (TPSA) is 46.6 Å². The summed E-state index contributed by atoms with van der Waals surface area (Å²) < 4.78 is 5.21. The van der Waals surface area contributed by atoms with Crippen LogP contribution in [0.2, 0.25) is 0 Å². The van der Waals surface area contributed by atoms with Gasteiger partial charge in [-0.05, 0) is 45.3 Å². The Morgan fingerprint density at radius 3 is 2.85 bits per heavy atom. The molecule has 0 spiro atoms. The molecule has 1 heterocycles. The zero-order valence-corrected chi connectivity index (χ0v) is 12.7. The fraction of sp³-hybridized carbons (Fsp3) is 0.625. The number of hydrogen-bond acceptors (Lipinski definition) is 3. The fourth-order valence-electron chi connectivity index (χ4n) is 3.08. The number of carbonyl (C=O) groups is 2. The molecule has 1 saturated heterocycles. The fourth-order valence-corrected chi connectivity index (χ4v) is 3.08. The van der Waals surface area contributed by atoms with Gasteiger partial charge < -0.3 is 9.64 Å². The maximum absolute atomic E-state index is 12.9. The maximum Gasteiger partial charge on any atom is 0.236 e. The number of ketones is 1. The highest BCUT2D eigenvalue weighted by Crippen LogP contribution is 2.37. The van der Waals surface area contributed by atoms with E-state index in [0.29, 0.717) is 12.2 Å². The van der Waals surface area contributed by atoms with Crippen molar-refractivity contribution in [3.8, 4) is 0 Å². The van der Waals surface area contributed by atoms with Crippen LogP contribution in [0.25, 0.3) is 0 Å². The average molecular weight is 277 g/mol. The van der Waals surface area contributed by atoms with Crippen molar-refractivity contribution in [2.45, 2.75) is 39.7 Å². The van der Waals surface area contributed by atoms with E-state index in [0.717, 1.165) is 25.0 Å². The van der Waals surface area contributed by atoms with Crippen LogP contribution in [0.15, 0.2) is 23.3 Å². The van der Waals surface area contributed by atoms with Crippen LogP contribution in [-0.4, -0.2) is 42.9 Å². The van der Waals surface area contributed by atoms with E-state index in [2.05, 4.69) is 0 Å². The molecule has 1 amide bonds. The number of amides is 1. The van der Waals surface area contributed by atoms with Gasteiger partial charge in [-0.25, -0.2) is 0 Å². The number of allylic oxidation sites excluding steroid dienone is 2. The molecule has 2 atom stereocenters. The van der Waals surface area contributed by atoms with Crippen molar-refractivity contribution in [1.82, 2.24) is 4.90 Å². The Hall–Kier alpha value is -1.42. The number of likely N-dealkylation sites (tertiary alicyclic amines) is 1. The van der Waals surface area contributed by atoms with Gasteiger partial charge in [0.25, 0.3) is 0 Å². The van der Waals surface area contributed by atoms with Gasteiger partial charge in [-0.2, -0.15) is 0 Å². The third-order valence-corrected chi connectivity index (χ3v) is 4.50.